The zero-order valence-electron chi connectivity index (χ0n) is 9.94. The molecule has 1 rings (SSSR count). The summed E-state index contributed by atoms with van der Waals surface area (Å²) in [6.45, 7) is 1.57. The largest absolute Gasteiger partial charge is 0.469 e. The summed E-state index contributed by atoms with van der Waals surface area (Å²) in [6.07, 6.45) is 3.09. The Labute approximate surface area is 96.0 Å². The van der Waals surface area contributed by atoms with Crippen molar-refractivity contribution in [2.24, 2.45) is 11.8 Å². The second-order valence-corrected chi connectivity index (χ2v) is 4.55. The monoisotopic (exact) mass is 228 g/mol. The Morgan fingerprint density at radius 3 is 2.62 bits per heavy atom. The van der Waals surface area contributed by atoms with E-state index >= 15 is 0 Å². The lowest BCUT2D eigenvalue weighted by molar-refractivity contribution is -0.150. The topological polar surface area (TPSA) is 63.6 Å². The quantitative estimate of drug-likeness (QED) is 0.720. The van der Waals surface area contributed by atoms with E-state index in [1.165, 1.54) is 7.11 Å². The minimum atomic E-state index is -0.574. The van der Waals surface area contributed by atoms with Gasteiger partial charge >= 0.3 is 5.97 Å². The molecule has 3 atom stereocenters. The lowest BCUT2D eigenvalue weighted by Crippen LogP contribution is -2.29. The van der Waals surface area contributed by atoms with Crippen LogP contribution in [-0.2, 0) is 14.3 Å². The average molecular weight is 228 g/mol. The molecule has 4 heteroatoms. The molecular weight excluding hydrogens is 208 g/mol. The van der Waals surface area contributed by atoms with E-state index in [0.29, 0.717) is 12.8 Å². The SMILES string of the molecule is COC(=O)[C@@H]1[C@@H](CCCC(C)=O)CC[C@@H]1O. The molecule has 1 aliphatic rings. The highest BCUT2D eigenvalue weighted by molar-refractivity contribution is 5.75. The van der Waals surface area contributed by atoms with Gasteiger partial charge in [-0.25, -0.2) is 0 Å². The first kappa shape index (κ1) is 13.2. The first-order chi connectivity index (χ1) is 7.56. The smallest absolute Gasteiger partial charge is 0.311 e. The van der Waals surface area contributed by atoms with E-state index < -0.39 is 12.0 Å². The highest BCUT2D eigenvalue weighted by atomic mass is 16.5. The van der Waals surface area contributed by atoms with Gasteiger partial charge in [-0.2, -0.15) is 0 Å². The fraction of sp³-hybridized carbons (Fsp3) is 0.833. The van der Waals surface area contributed by atoms with Crippen LogP contribution in [0.25, 0.3) is 0 Å². The van der Waals surface area contributed by atoms with Crippen LogP contribution in [0.3, 0.4) is 0 Å². The summed E-state index contributed by atoms with van der Waals surface area (Å²) in [5.41, 5.74) is 0. The molecule has 92 valence electrons. The van der Waals surface area contributed by atoms with E-state index in [1.54, 1.807) is 6.92 Å². The van der Waals surface area contributed by atoms with Gasteiger partial charge in [0.15, 0.2) is 0 Å². The average Bonchev–Trinajstić information content (AvgIpc) is 2.58. The predicted molar refractivity (Wildman–Crippen MR) is 58.8 cm³/mol. The summed E-state index contributed by atoms with van der Waals surface area (Å²) in [5, 5.41) is 9.70. The number of carbonyl (C=O) groups excluding carboxylic acids is 2. The molecule has 0 aromatic heterocycles. The number of hydrogen-bond acceptors (Lipinski definition) is 4. The van der Waals surface area contributed by atoms with E-state index in [0.717, 1.165) is 19.3 Å². The Hall–Kier alpha value is -0.900. The van der Waals surface area contributed by atoms with Gasteiger partial charge in [0.25, 0.3) is 0 Å². The van der Waals surface area contributed by atoms with E-state index in [-0.39, 0.29) is 17.7 Å². The molecule has 0 aromatic carbocycles. The summed E-state index contributed by atoms with van der Waals surface area (Å²) in [5.74, 6) is -0.371. The van der Waals surface area contributed by atoms with Crippen molar-refractivity contribution in [2.75, 3.05) is 7.11 Å². The molecule has 0 bridgehead atoms. The maximum Gasteiger partial charge on any atom is 0.311 e. The third kappa shape index (κ3) is 3.30. The van der Waals surface area contributed by atoms with Gasteiger partial charge in [0.2, 0.25) is 0 Å². The van der Waals surface area contributed by atoms with E-state index in [2.05, 4.69) is 0 Å². The molecule has 0 amide bonds. The predicted octanol–water partition coefficient (Wildman–Crippen LogP) is 1.31. The number of carbonyl (C=O) groups is 2. The molecule has 0 aliphatic heterocycles. The van der Waals surface area contributed by atoms with E-state index in [4.69, 9.17) is 4.74 Å². The zero-order valence-corrected chi connectivity index (χ0v) is 9.94. The summed E-state index contributed by atoms with van der Waals surface area (Å²) in [6, 6.07) is 0. The molecular formula is C12H20O4. The van der Waals surface area contributed by atoms with Crippen LogP contribution < -0.4 is 0 Å². The van der Waals surface area contributed by atoms with Gasteiger partial charge < -0.3 is 14.6 Å². The highest BCUT2D eigenvalue weighted by Gasteiger charge is 2.40. The van der Waals surface area contributed by atoms with Gasteiger partial charge in [0.05, 0.1) is 19.1 Å². The highest BCUT2D eigenvalue weighted by Crippen LogP contribution is 2.36. The zero-order chi connectivity index (χ0) is 12.1. The van der Waals surface area contributed by atoms with Crippen molar-refractivity contribution >= 4 is 11.8 Å². The van der Waals surface area contributed by atoms with Gasteiger partial charge in [-0.3, -0.25) is 4.79 Å². The lowest BCUT2D eigenvalue weighted by atomic mass is 9.90. The standard InChI is InChI=1S/C12H20O4/c1-8(13)4-3-5-9-6-7-10(14)11(9)12(15)16-2/h9-11,14H,3-7H2,1-2H3/t9-,10-,11+/m0/s1. The normalized spacial score (nSPS) is 29.1. The molecule has 1 fully saturated rings. The van der Waals surface area contributed by atoms with Gasteiger partial charge in [-0.15, -0.1) is 0 Å². The fourth-order valence-corrected chi connectivity index (χ4v) is 2.48. The number of hydrogen-bond donors (Lipinski definition) is 1. The minimum Gasteiger partial charge on any atom is -0.469 e. The Balaban J connectivity index is 2.45. The molecule has 1 aliphatic carbocycles. The van der Waals surface area contributed by atoms with Gasteiger partial charge in [0, 0.05) is 6.42 Å². The molecule has 1 saturated carbocycles. The number of aliphatic hydroxyl groups is 1. The van der Waals surface area contributed by atoms with Crippen molar-refractivity contribution < 1.29 is 19.4 Å². The molecule has 0 spiro atoms. The number of Topliss-reactive ketones (excluding diaryl/α,β-unsaturated/α-hetero) is 1. The minimum absolute atomic E-state index is 0.168. The van der Waals surface area contributed by atoms with Crippen molar-refractivity contribution in [3.63, 3.8) is 0 Å². The number of rotatable bonds is 5. The van der Waals surface area contributed by atoms with E-state index in [9.17, 15) is 14.7 Å². The number of esters is 1. The maximum absolute atomic E-state index is 11.5. The Bertz CT molecular complexity index is 262. The molecule has 0 aromatic rings. The second-order valence-electron chi connectivity index (χ2n) is 4.55. The maximum atomic E-state index is 11.5. The van der Waals surface area contributed by atoms with Crippen LogP contribution in [0.4, 0.5) is 0 Å². The fourth-order valence-electron chi connectivity index (χ4n) is 2.48. The molecule has 0 unspecified atom stereocenters. The third-order valence-electron chi connectivity index (χ3n) is 3.33. The van der Waals surface area contributed by atoms with Crippen LogP contribution in [0, 0.1) is 11.8 Å². The lowest BCUT2D eigenvalue weighted by Gasteiger charge is -2.19. The summed E-state index contributed by atoms with van der Waals surface area (Å²) < 4.78 is 4.70. The number of aliphatic hydroxyl groups excluding tert-OH is 1. The Kier molecular flexibility index (Phi) is 4.93. The molecule has 16 heavy (non-hydrogen) atoms. The summed E-state index contributed by atoms with van der Waals surface area (Å²) in [7, 11) is 1.35. The first-order valence-electron chi connectivity index (χ1n) is 5.81. The first-order valence-corrected chi connectivity index (χ1v) is 5.81. The van der Waals surface area contributed by atoms with Crippen molar-refractivity contribution in [1.82, 2.24) is 0 Å². The van der Waals surface area contributed by atoms with Crippen molar-refractivity contribution in [1.29, 1.82) is 0 Å². The van der Waals surface area contributed by atoms with Crippen molar-refractivity contribution in [3.8, 4) is 0 Å². The molecule has 0 radical (unpaired) electrons. The van der Waals surface area contributed by atoms with Crippen LogP contribution in [0.15, 0.2) is 0 Å². The Morgan fingerprint density at radius 2 is 2.06 bits per heavy atom. The van der Waals surface area contributed by atoms with Crippen LogP contribution in [0.1, 0.15) is 39.0 Å². The van der Waals surface area contributed by atoms with Crippen LogP contribution in [0.5, 0.6) is 0 Å². The number of ether oxygens (including phenoxy) is 1. The van der Waals surface area contributed by atoms with Crippen molar-refractivity contribution in [3.05, 3.63) is 0 Å². The second kappa shape index (κ2) is 5.99. The number of ketones is 1. The molecule has 0 saturated heterocycles. The summed E-state index contributed by atoms with van der Waals surface area (Å²) in [4.78, 5) is 22.3. The van der Waals surface area contributed by atoms with Crippen LogP contribution >= 0.6 is 0 Å². The van der Waals surface area contributed by atoms with E-state index in [1.807, 2.05) is 0 Å². The van der Waals surface area contributed by atoms with Crippen LogP contribution in [0.2, 0.25) is 0 Å². The molecule has 4 nitrogen and oxygen atoms in total. The van der Waals surface area contributed by atoms with Gasteiger partial charge in [0.1, 0.15) is 5.78 Å². The third-order valence-corrected chi connectivity index (χ3v) is 3.33. The Morgan fingerprint density at radius 1 is 1.38 bits per heavy atom. The molecule has 0 heterocycles. The molecule has 1 N–H and O–H groups in total. The van der Waals surface area contributed by atoms with Gasteiger partial charge in [-0.1, -0.05) is 0 Å². The number of methoxy groups -OCH3 is 1. The summed E-state index contributed by atoms with van der Waals surface area (Å²) >= 11 is 0. The van der Waals surface area contributed by atoms with Crippen molar-refractivity contribution in [2.45, 2.75) is 45.1 Å². The van der Waals surface area contributed by atoms with Gasteiger partial charge in [-0.05, 0) is 38.5 Å². The van der Waals surface area contributed by atoms with Crippen LogP contribution in [-0.4, -0.2) is 30.1 Å².